The van der Waals surface area contributed by atoms with Crippen LogP contribution >= 0.6 is 11.6 Å². The number of nitrogens with zero attached hydrogens (tertiary/aromatic N) is 1. The van der Waals surface area contributed by atoms with E-state index < -0.39 is 0 Å². The van der Waals surface area contributed by atoms with Gasteiger partial charge in [0.05, 0.1) is 12.1 Å². The summed E-state index contributed by atoms with van der Waals surface area (Å²) in [5.74, 6) is -0.657. The minimum atomic E-state index is -0.338. The summed E-state index contributed by atoms with van der Waals surface area (Å²) in [7, 11) is 0. The number of nitrogens with one attached hydrogen (secondary N) is 1. The lowest BCUT2D eigenvalue weighted by Crippen LogP contribution is -2.32. The molecule has 2 amide bonds. The van der Waals surface area contributed by atoms with Crippen molar-refractivity contribution in [1.29, 1.82) is 0 Å². The molecule has 3 aromatic rings. The lowest BCUT2D eigenvalue weighted by atomic mass is 10.0. The molecule has 1 N–H and O–H groups in total. The summed E-state index contributed by atoms with van der Waals surface area (Å²) < 4.78 is 0. The van der Waals surface area contributed by atoms with Crippen molar-refractivity contribution in [1.82, 2.24) is 4.90 Å². The standard InChI is InChI=1S/C26H23ClN2O2/c1-3-18-8-14-22(15-9-18)28-24-23(20-10-12-21(27)13-11-20)25(30)29(26(24)31)16-19-6-4-17(2)5-7-19/h4-15,28H,3,16H2,1-2H3. The largest absolute Gasteiger partial charge is 0.350 e. The van der Waals surface area contributed by atoms with Gasteiger partial charge in [-0.05, 0) is 54.3 Å². The predicted octanol–water partition coefficient (Wildman–Crippen LogP) is 5.60. The minimum Gasteiger partial charge on any atom is -0.350 e. The van der Waals surface area contributed by atoms with Crippen molar-refractivity contribution in [2.45, 2.75) is 26.8 Å². The molecule has 0 unspecified atom stereocenters. The molecule has 0 atom stereocenters. The van der Waals surface area contributed by atoms with Crippen LogP contribution in [0.3, 0.4) is 0 Å². The Morgan fingerprint density at radius 1 is 0.806 bits per heavy atom. The van der Waals surface area contributed by atoms with Crippen molar-refractivity contribution in [2.24, 2.45) is 0 Å². The van der Waals surface area contributed by atoms with Gasteiger partial charge in [-0.3, -0.25) is 14.5 Å². The Balaban J connectivity index is 1.71. The fourth-order valence-electron chi connectivity index (χ4n) is 3.56. The molecular weight excluding hydrogens is 408 g/mol. The number of carbonyl (C=O) groups excluding carboxylic acids is 2. The van der Waals surface area contributed by atoms with Crippen molar-refractivity contribution in [3.05, 3.63) is 106 Å². The molecule has 31 heavy (non-hydrogen) atoms. The van der Waals surface area contributed by atoms with E-state index in [9.17, 15) is 9.59 Å². The van der Waals surface area contributed by atoms with Crippen LogP contribution in [0, 0.1) is 6.92 Å². The lowest BCUT2D eigenvalue weighted by molar-refractivity contribution is -0.137. The summed E-state index contributed by atoms with van der Waals surface area (Å²) >= 11 is 6.03. The Labute approximate surface area is 187 Å². The van der Waals surface area contributed by atoms with E-state index >= 15 is 0 Å². The summed E-state index contributed by atoms with van der Waals surface area (Å²) in [6.45, 7) is 4.31. The highest BCUT2D eigenvalue weighted by molar-refractivity contribution is 6.36. The Morgan fingerprint density at radius 2 is 1.42 bits per heavy atom. The molecule has 3 aromatic carbocycles. The third-order valence-corrected chi connectivity index (χ3v) is 5.65. The Morgan fingerprint density at radius 3 is 2.03 bits per heavy atom. The van der Waals surface area contributed by atoms with Crippen LogP contribution < -0.4 is 5.32 Å². The Bertz CT molecular complexity index is 1150. The Kier molecular flexibility index (Phi) is 5.92. The van der Waals surface area contributed by atoms with E-state index in [1.165, 1.54) is 10.5 Å². The van der Waals surface area contributed by atoms with Crippen molar-refractivity contribution in [3.63, 3.8) is 0 Å². The molecule has 0 spiro atoms. The van der Waals surface area contributed by atoms with Crippen molar-refractivity contribution in [3.8, 4) is 0 Å². The molecule has 156 valence electrons. The summed E-state index contributed by atoms with van der Waals surface area (Å²) in [5, 5.41) is 3.77. The molecule has 0 aromatic heterocycles. The molecule has 1 heterocycles. The van der Waals surface area contributed by atoms with Gasteiger partial charge in [-0.25, -0.2) is 0 Å². The molecule has 1 aliphatic heterocycles. The van der Waals surface area contributed by atoms with Crippen LogP contribution in [0.1, 0.15) is 29.2 Å². The van der Waals surface area contributed by atoms with Gasteiger partial charge in [-0.15, -0.1) is 0 Å². The monoisotopic (exact) mass is 430 g/mol. The number of hydrogen-bond donors (Lipinski definition) is 1. The zero-order chi connectivity index (χ0) is 22.0. The quantitative estimate of drug-likeness (QED) is 0.517. The average Bonchev–Trinajstić information content (AvgIpc) is 3.00. The maximum atomic E-state index is 13.3. The van der Waals surface area contributed by atoms with E-state index in [0.717, 1.165) is 23.2 Å². The van der Waals surface area contributed by atoms with Gasteiger partial charge in [0.1, 0.15) is 5.70 Å². The highest BCUT2D eigenvalue weighted by Crippen LogP contribution is 2.32. The maximum absolute atomic E-state index is 13.3. The molecule has 0 aliphatic carbocycles. The smallest absolute Gasteiger partial charge is 0.278 e. The number of rotatable bonds is 6. The lowest BCUT2D eigenvalue weighted by Gasteiger charge is -2.15. The molecule has 0 fully saturated rings. The van der Waals surface area contributed by atoms with Gasteiger partial charge in [-0.1, -0.05) is 72.6 Å². The van der Waals surface area contributed by atoms with Crippen LogP contribution in [0.15, 0.2) is 78.5 Å². The normalized spacial score (nSPS) is 13.8. The fourth-order valence-corrected chi connectivity index (χ4v) is 3.69. The molecule has 0 radical (unpaired) electrons. The molecular formula is C26H23ClN2O2. The molecule has 0 bridgehead atoms. The van der Waals surface area contributed by atoms with E-state index in [0.29, 0.717) is 16.2 Å². The van der Waals surface area contributed by atoms with Gasteiger partial charge in [0.15, 0.2) is 0 Å². The van der Waals surface area contributed by atoms with Gasteiger partial charge in [-0.2, -0.15) is 0 Å². The summed E-state index contributed by atoms with van der Waals surface area (Å²) in [5.41, 5.74) is 5.28. The maximum Gasteiger partial charge on any atom is 0.278 e. The van der Waals surface area contributed by atoms with Crippen LogP contribution in [-0.4, -0.2) is 16.7 Å². The van der Waals surface area contributed by atoms with Gasteiger partial charge in [0.2, 0.25) is 0 Å². The number of amides is 2. The second-order valence-electron chi connectivity index (χ2n) is 7.61. The van der Waals surface area contributed by atoms with Crippen LogP contribution in [-0.2, 0) is 22.6 Å². The first kappa shape index (κ1) is 20.9. The van der Waals surface area contributed by atoms with Crippen LogP contribution in [0.25, 0.3) is 5.57 Å². The molecule has 5 heteroatoms. The number of imide groups is 1. The average molecular weight is 431 g/mol. The van der Waals surface area contributed by atoms with Crippen molar-refractivity contribution in [2.75, 3.05) is 5.32 Å². The SMILES string of the molecule is CCc1ccc(NC2=C(c3ccc(Cl)cc3)C(=O)N(Cc3ccc(C)cc3)C2=O)cc1. The topological polar surface area (TPSA) is 49.4 Å². The number of anilines is 1. The highest BCUT2D eigenvalue weighted by Gasteiger charge is 2.39. The third kappa shape index (κ3) is 4.39. The van der Waals surface area contributed by atoms with Crippen LogP contribution in [0.2, 0.25) is 5.02 Å². The zero-order valence-corrected chi connectivity index (χ0v) is 18.2. The fraction of sp³-hybridized carbons (Fsp3) is 0.154. The molecule has 1 aliphatic rings. The second kappa shape index (κ2) is 8.78. The van der Waals surface area contributed by atoms with Crippen LogP contribution in [0.5, 0.6) is 0 Å². The first-order valence-corrected chi connectivity index (χ1v) is 10.6. The molecule has 0 saturated carbocycles. The highest BCUT2D eigenvalue weighted by atomic mass is 35.5. The minimum absolute atomic E-state index is 0.217. The van der Waals surface area contributed by atoms with Crippen LogP contribution in [0.4, 0.5) is 5.69 Å². The molecule has 0 saturated heterocycles. The van der Waals surface area contributed by atoms with Gasteiger partial charge in [0, 0.05) is 10.7 Å². The van der Waals surface area contributed by atoms with E-state index in [4.69, 9.17) is 11.6 Å². The molecule has 4 rings (SSSR count). The molecule has 4 nitrogen and oxygen atoms in total. The van der Waals surface area contributed by atoms with Gasteiger partial charge < -0.3 is 5.32 Å². The summed E-state index contributed by atoms with van der Waals surface area (Å²) in [4.78, 5) is 28.0. The van der Waals surface area contributed by atoms with E-state index in [1.54, 1.807) is 24.3 Å². The number of halogens is 1. The number of hydrogen-bond acceptors (Lipinski definition) is 3. The first-order valence-electron chi connectivity index (χ1n) is 10.2. The zero-order valence-electron chi connectivity index (χ0n) is 17.5. The first-order chi connectivity index (χ1) is 15.0. The predicted molar refractivity (Wildman–Crippen MR) is 125 cm³/mol. The second-order valence-corrected chi connectivity index (χ2v) is 8.05. The van der Waals surface area contributed by atoms with E-state index in [1.807, 2.05) is 55.5 Å². The Hall–Kier alpha value is -3.37. The van der Waals surface area contributed by atoms with E-state index in [-0.39, 0.29) is 24.1 Å². The van der Waals surface area contributed by atoms with Gasteiger partial charge >= 0.3 is 0 Å². The van der Waals surface area contributed by atoms with E-state index in [2.05, 4.69) is 12.2 Å². The number of benzene rings is 3. The third-order valence-electron chi connectivity index (χ3n) is 5.39. The summed E-state index contributed by atoms with van der Waals surface area (Å²) in [6, 6.07) is 22.7. The van der Waals surface area contributed by atoms with Gasteiger partial charge in [0.25, 0.3) is 11.8 Å². The summed E-state index contributed by atoms with van der Waals surface area (Å²) in [6.07, 6.45) is 0.931. The number of aryl methyl sites for hydroxylation is 2. The number of carbonyl (C=O) groups is 2. The van der Waals surface area contributed by atoms with Crippen molar-refractivity contribution < 1.29 is 9.59 Å². The van der Waals surface area contributed by atoms with Crippen molar-refractivity contribution >= 4 is 34.7 Å².